The average Bonchev–Trinajstić information content (AvgIpc) is 2.55. The highest BCUT2D eigenvalue weighted by atomic mass is 16.5. The van der Waals surface area contributed by atoms with Gasteiger partial charge in [-0.25, -0.2) is 0 Å². The van der Waals surface area contributed by atoms with Crippen molar-refractivity contribution in [3.63, 3.8) is 0 Å². The Labute approximate surface area is 129 Å². The van der Waals surface area contributed by atoms with Crippen LogP contribution in [0.4, 0.5) is 0 Å². The molecule has 22 heavy (non-hydrogen) atoms. The van der Waals surface area contributed by atoms with Crippen LogP contribution in [0.2, 0.25) is 0 Å². The number of hydrogen-bond donors (Lipinski definition) is 2. The maximum Gasteiger partial charge on any atom is 0.255 e. The molecule has 114 valence electrons. The Balaban J connectivity index is 2.17. The molecule has 1 heterocycles. The number of aliphatic hydroxyl groups is 1. The number of carbonyl (C=O) groups excluding carboxylic acids is 1. The molecule has 1 atom stereocenters. The van der Waals surface area contributed by atoms with Crippen LogP contribution in [0.15, 0.2) is 61.4 Å². The summed E-state index contributed by atoms with van der Waals surface area (Å²) < 4.78 is 5.70. The predicted molar refractivity (Wildman–Crippen MR) is 83.9 cm³/mol. The minimum atomic E-state index is -0.364. The maximum atomic E-state index is 12.3. The molecular weight excluding hydrogens is 280 g/mol. The van der Waals surface area contributed by atoms with E-state index in [1.165, 1.54) is 0 Å². The number of ether oxygens (including phenoxy) is 1. The molecular formula is C17H18N2O3. The maximum absolute atomic E-state index is 12.3. The lowest BCUT2D eigenvalue weighted by Gasteiger charge is -2.16. The Morgan fingerprint density at radius 2 is 2.18 bits per heavy atom. The van der Waals surface area contributed by atoms with Gasteiger partial charge in [0.1, 0.15) is 11.5 Å². The van der Waals surface area contributed by atoms with E-state index in [4.69, 9.17) is 4.74 Å². The van der Waals surface area contributed by atoms with Gasteiger partial charge in [-0.05, 0) is 30.7 Å². The van der Waals surface area contributed by atoms with Gasteiger partial charge < -0.3 is 15.2 Å². The third-order valence-electron chi connectivity index (χ3n) is 3.00. The lowest BCUT2D eigenvalue weighted by Crippen LogP contribution is -2.37. The zero-order chi connectivity index (χ0) is 15.8. The normalized spacial score (nSPS) is 11.5. The smallest absolute Gasteiger partial charge is 0.255 e. The van der Waals surface area contributed by atoms with Crippen LogP contribution in [0.3, 0.4) is 0 Å². The number of hydrogen-bond acceptors (Lipinski definition) is 4. The van der Waals surface area contributed by atoms with Crippen LogP contribution >= 0.6 is 0 Å². The quantitative estimate of drug-likeness (QED) is 0.771. The Morgan fingerprint density at radius 1 is 1.36 bits per heavy atom. The van der Waals surface area contributed by atoms with Crippen LogP contribution < -0.4 is 10.1 Å². The van der Waals surface area contributed by atoms with Crippen LogP contribution in [0.5, 0.6) is 11.5 Å². The van der Waals surface area contributed by atoms with E-state index in [9.17, 15) is 9.90 Å². The van der Waals surface area contributed by atoms with Gasteiger partial charge in [0.05, 0.1) is 24.4 Å². The Kier molecular flexibility index (Phi) is 5.68. The highest BCUT2D eigenvalue weighted by Crippen LogP contribution is 2.24. The first kappa shape index (κ1) is 15.7. The van der Waals surface area contributed by atoms with Crippen LogP contribution in [-0.4, -0.2) is 28.6 Å². The summed E-state index contributed by atoms with van der Waals surface area (Å²) in [5, 5.41) is 12.0. The molecule has 0 radical (unpaired) electrons. The molecule has 5 heteroatoms. The second kappa shape index (κ2) is 7.95. The third kappa shape index (κ3) is 4.17. The first-order chi connectivity index (χ1) is 10.7. The van der Waals surface area contributed by atoms with Crippen molar-refractivity contribution in [1.82, 2.24) is 10.3 Å². The fourth-order valence-corrected chi connectivity index (χ4v) is 1.92. The molecule has 0 aliphatic heterocycles. The monoisotopic (exact) mass is 298 g/mol. The summed E-state index contributed by atoms with van der Waals surface area (Å²) in [6.45, 7) is 3.46. The van der Waals surface area contributed by atoms with Crippen molar-refractivity contribution < 1.29 is 14.6 Å². The standard InChI is InChI=1S/C17H18N2O3/c1-2-6-13(12-20)19-17(21)15-8-3-4-9-16(15)22-14-7-5-10-18-11-14/h2-5,7-11,13,20H,1,6,12H2,(H,19,21). The first-order valence-corrected chi connectivity index (χ1v) is 6.94. The summed E-state index contributed by atoms with van der Waals surface area (Å²) in [4.78, 5) is 16.3. The highest BCUT2D eigenvalue weighted by molar-refractivity contribution is 5.97. The molecule has 0 saturated heterocycles. The Bertz CT molecular complexity index is 629. The fraction of sp³-hybridized carbons (Fsp3) is 0.176. The molecule has 1 aromatic heterocycles. The predicted octanol–water partition coefficient (Wildman–Crippen LogP) is 2.54. The van der Waals surface area contributed by atoms with Crippen molar-refractivity contribution in [2.24, 2.45) is 0 Å². The molecule has 2 N–H and O–H groups in total. The van der Waals surface area contributed by atoms with Gasteiger partial charge in [0.25, 0.3) is 5.91 Å². The molecule has 1 amide bonds. The number of para-hydroxylation sites is 1. The van der Waals surface area contributed by atoms with Gasteiger partial charge in [-0.1, -0.05) is 18.2 Å². The third-order valence-corrected chi connectivity index (χ3v) is 3.00. The second-order valence-electron chi connectivity index (χ2n) is 4.66. The van der Waals surface area contributed by atoms with E-state index >= 15 is 0 Å². The highest BCUT2D eigenvalue weighted by Gasteiger charge is 2.16. The van der Waals surface area contributed by atoms with Gasteiger partial charge in [0.15, 0.2) is 0 Å². The van der Waals surface area contributed by atoms with Crippen LogP contribution in [0, 0.1) is 0 Å². The zero-order valence-corrected chi connectivity index (χ0v) is 12.1. The van der Waals surface area contributed by atoms with Gasteiger partial charge in [-0.15, -0.1) is 6.58 Å². The van der Waals surface area contributed by atoms with Crippen molar-refractivity contribution >= 4 is 5.91 Å². The first-order valence-electron chi connectivity index (χ1n) is 6.94. The largest absolute Gasteiger partial charge is 0.455 e. The van der Waals surface area contributed by atoms with E-state index in [1.54, 1.807) is 54.9 Å². The minimum Gasteiger partial charge on any atom is -0.455 e. The topological polar surface area (TPSA) is 71.5 Å². The Morgan fingerprint density at radius 3 is 2.86 bits per heavy atom. The number of nitrogens with one attached hydrogen (secondary N) is 1. The summed E-state index contributed by atoms with van der Waals surface area (Å²) >= 11 is 0. The number of rotatable bonds is 7. The van der Waals surface area contributed by atoms with Crippen LogP contribution in [-0.2, 0) is 0 Å². The molecule has 5 nitrogen and oxygen atoms in total. The van der Waals surface area contributed by atoms with Gasteiger partial charge in [-0.2, -0.15) is 0 Å². The molecule has 2 aromatic rings. The molecule has 0 spiro atoms. The number of amides is 1. The lowest BCUT2D eigenvalue weighted by molar-refractivity contribution is 0.0915. The minimum absolute atomic E-state index is 0.149. The summed E-state index contributed by atoms with van der Waals surface area (Å²) in [6, 6.07) is 10.1. The second-order valence-corrected chi connectivity index (χ2v) is 4.66. The van der Waals surface area contributed by atoms with Gasteiger partial charge in [0.2, 0.25) is 0 Å². The number of aromatic nitrogens is 1. The van der Waals surface area contributed by atoms with E-state index in [0.717, 1.165) is 0 Å². The van der Waals surface area contributed by atoms with Gasteiger partial charge in [-0.3, -0.25) is 9.78 Å². The van der Waals surface area contributed by atoms with E-state index in [1.807, 2.05) is 0 Å². The molecule has 0 fully saturated rings. The summed E-state index contributed by atoms with van der Waals surface area (Å²) in [6.07, 6.45) is 5.36. The summed E-state index contributed by atoms with van der Waals surface area (Å²) in [5.74, 6) is 0.677. The van der Waals surface area contributed by atoms with Crippen molar-refractivity contribution in [1.29, 1.82) is 0 Å². The average molecular weight is 298 g/mol. The number of pyridine rings is 1. The molecule has 1 aromatic carbocycles. The number of nitrogens with zero attached hydrogens (tertiary/aromatic N) is 1. The van der Waals surface area contributed by atoms with Crippen molar-refractivity contribution in [3.05, 3.63) is 67.0 Å². The van der Waals surface area contributed by atoms with Crippen LogP contribution in [0.1, 0.15) is 16.8 Å². The SMILES string of the molecule is C=CCC(CO)NC(=O)c1ccccc1Oc1cccnc1. The Hall–Kier alpha value is -2.66. The number of carbonyl (C=O) groups is 1. The fourth-order valence-electron chi connectivity index (χ4n) is 1.92. The van der Waals surface area contributed by atoms with Crippen molar-refractivity contribution in [3.8, 4) is 11.5 Å². The summed E-state index contributed by atoms with van der Waals surface area (Å²) in [5.41, 5.74) is 0.397. The van der Waals surface area contributed by atoms with E-state index in [2.05, 4.69) is 16.9 Å². The van der Waals surface area contributed by atoms with Gasteiger partial charge >= 0.3 is 0 Å². The van der Waals surface area contributed by atoms with Crippen molar-refractivity contribution in [2.45, 2.75) is 12.5 Å². The van der Waals surface area contributed by atoms with E-state index < -0.39 is 0 Å². The zero-order valence-electron chi connectivity index (χ0n) is 12.1. The molecule has 0 saturated carbocycles. The molecule has 0 aliphatic rings. The van der Waals surface area contributed by atoms with Gasteiger partial charge in [0, 0.05) is 6.20 Å². The molecule has 0 aliphatic carbocycles. The molecule has 2 rings (SSSR count). The van der Waals surface area contributed by atoms with Crippen LogP contribution in [0.25, 0.3) is 0 Å². The molecule has 0 bridgehead atoms. The van der Waals surface area contributed by atoms with E-state index in [-0.39, 0.29) is 18.6 Å². The summed E-state index contributed by atoms with van der Waals surface area (Å²) in [7, 11) is 0. The number of aliphatic hydroxyl groups excluding tert-OH is 1. The number of benzene rings is 1. The van der Waals surface area contributed by atoms with E-state index in [0.29, 0.717) is 23.5 Å². The van der Waals surface area contributed by atoms with Crippen molar-refractivity contribution in [2.75, 3.05) is 6.61 Å². The molecule has 1 unspecified atom stereocenters. The lowest BCUT2D eigenvalue weighted by atomic mass is 10.1.